The fourth-order valence-corrected chi connectivity index (χ4v) is 1.73. The Bertz CT molecular complexity index is 588. The largest absolute Gasteiger partial charge is 0.494 e. The highest BCUT2D eigenvalue weighted by atomic mass is 19.1. The van der Waals surface area contributed by atoms with Gasteiger partial charge in [-0.2, -0.15) is 0 Å². The summed E-state index contributed by atoms with van der Waals surface area (Å²) in [4.78, 5) is 0. The topological polar surface area (TPSA) is 57.4 Å². The van der Waals surface area contributed by atoms with Crippen LogP contribution in [0.3, 0.4) is 0 Å². The van der Waals surface area contributed by atoms with Crippen LogP contribution < -0.4 is 5.46 Å². The second-order valence-corrected chi connectivity index (χ2v) is 5.15. The molecule has 0 N–H and O–H groups in total. The Kier molecular flexibility index (Phi) is 4.40. The van der Waals surface area contributed by atoms with Crippen LogP contribution in [0.1, 0.15) is 34.1 Å². The molecule has 1 aromatic heterocycles. The lowest BCUT2D eigenvalue weighted by Crippen LogP contribution is -2.44. The van der Waals surface area contributed by atoms with Crippen molar-refractivity contribution in [3.63, 3.8) is 0 Å². The van der Waals surface area contributed by atoms with Gasteiger partial charge in [-0.05, 0) is 55.1 Å². The van der Waals surface area contributed by atoms with E-state index in [1.807, 2.05) is 27.7 Å². The molecule has 0 spiro atoms. The first-order valence-electron chi connectivity index (χ1n) is 6.68. The van der Waals surface area contributed by atoms with Crippen molar-refractivity contribution < 1.29 is 18.3 Å². The van der Waals surface area contributed by atoms with E-state index in [0.29, 0.717) is 17.6 Å². The van der Waals surface area contributed by atoms with Crippen molar-refractivity contribution in [3.8, 4) is 0 Å². The van der Waals surface area contributed by atoms with Gasteiger partial charge in [-0.3, -0.25) is 0 Å². The summed E-state index contributed by atoms with van der Waals surface area (Å²) in [7, 11) is -0.648. The minimum Gasteiger partial charge on any atom is -0.408 e. The lowest BCUT2D eigenvalue weighted by atomic mass is 9.77. The Morgan fingerprint density at radius 2 is 2.05 bits per heavy atom. The monoisotopic (exact) mass is 280 g/mol. The normalized spacial score (nSPS) is 12.1. The summed E-state index contributed by atoms with van der Waals surface area (Å²) in [6, 6.07) is 3.01. The molecule has 0 bridgehead atoms. The van der Waals surface area contributed by atoms with Crippen molar-refractivity contribution in [2.45, 2.75) is 39.7 Å². The third kappa shape index (κ3) is 3.16. The van der Waals surface area contributed by atoms with Crippen LogP contribution in [-0.4, -0.2) is 29.6 Å². The zero-order valence-electron chi connectivity index (χ0n) is 12.1. The van der Waals surface area contributed by atoms with E-state index in [1.54, 1.807) is 6.07 Å². The molecule has 5 nitrogen and oxygen atoms in total. The van der Waals surface area contributed by atoms with Crippen LogP contribution in [0.2, 0.25) is 0 Å². The molecule has 0 atom stereocenters. The highest BCUT2D eigenvalue weighted by Crippen LogP contribution is 2.17. The molecule has 0 fully saturated rings. The number of hydrogen-bond acceptors (Lipinski definition) is 5. The first-order chi connectivity index (χ1) is 9.46. The summed E-state index contributed by atoms with van der Waals surface area (Å²) < 4.78 is 30.0. The van der Waals surface area contributed by atoms with Crippen LogP contribution in [0.4, 0.5) is 4.39 Å². The van der Waals surface area contributed by atoms with Crippen LogP contribution in [-0.2, 0) is 9.31 Å². The van der Waals surface area contributed by atoms with Crippen molar-refractivity contribution in [1.29, 1.82) is 0 Å². The van der Waals surface area contributed by atoms with E-state index in [4.69, 9.17) is 9.31 Å². The zero-order chi connectivity index (χ0) is 14.8. The SMILES string of the molecule is CCOB(OC(C)(C)CC)c1cc(F)c2nonc2c1. The Labute approximate surface area is 117 Å². The van der Waals surface area contributed by atoms with Crippen molar-refractivity contribution in [1.82, 2.24) is 10.3 Å². The standard InChI is InChI=1S/C13H18BFN2O3/c1-5-13(3,4)19-14(18-6-2)9-7-10(15)12-11(8-9)16-20-17-12/h7-8H,5-6H2,1-4H3. The van der Waals surface area contributed by atoms with Crippen LogP contribution in [0.5, 0.6) is 0 Å². The maximum absolute atomic E-state index is 13.9. The Hall–Kier alpha value is -1.47. The molecule has 0 saturated carbocycles. The molecule has 0 aliphatic carbocycles. The minimum absolute atomic E-state index is 0.110. The number of benzene rings is 1. The van der Waals surface area contributed by atoms with Crippen molar-refractivity contribution in [2.24, 2.45) is 0 Å². The number of halogens is 1. The lowest BCUT2D eigenvalue weighted by Gasteiger charge is -2.28. The van der Waals surface area contributed by atoms with Crippen LogP contribution in [0.15, 0.2) is 16.8 Å². The molecule has 20 heavy (non-hydrogen) atoms. The summed E-state index contributed by atoms with van der Waals surface area (Å²) in [5, 5.41) is 7.17. The van der Waals surface area contributed by atoms with E-state index in [-0.39, 0.29) is 11.1 Å². The third-order valence-corrected chi connectivity index (χ3v) is 3.20. The Morgan fingerprint density at radius 1 is 1.30 bits per heavy atom. The van der Waals surface area contributed by atoms with Gasteiger partial charge in [0.1, 0.15) is 5.52 Å². The predicted molar refractivity (Wildman–Crippen MR) is 74.2 cm³/mol. The highest BCUT2D eigenvalue weighted by Gasteiger charge is 2.30. The van der Waals surface area contributed by atoms with Gasteiger partial charge in [-0.25, -0.2) is 9.02 Å². The molecule has 1 heterocycles. The minimum atomic E-state index is -0.648. The van der Waals surface area contributed by atoms with Crippen molar-refractivity contribution >= 4 is 23.6 Å². The van der Waals surface area contributed by atoms with E-state index in [2.05, 4.69) is 14.9 Å². The average Bonchev–Trinajstić information content (AvgIpc) is 2.87. The van der Waals surface area contributed by atoms with Crippen molar-refractivity contribution in [2.75, 3.05) is 6.61 Å². The lowest BCUT2D eigenvalue weighted by molar-refractivity contribution is 0.0706. The van der Waals surface area contributed by atoms with E-state index in [1.165, 1.54) is 6.07 Å². The first kappa shape index (κ1) is 14.9. The van der Waals surface area contributed by atoms with E-state index < -0.39 is 12.9 Å². The first-order valence-corrected chi connectivity index (χ1v) is 6.68. The highest BCUT2D eigenvalue weighted by molar-refractivity contribution is 6.61. The van der Waals surface area contributed by atoms with Gasteiger partial charge in [0, 0.05) is 12.2 Å². The molecule has 2 aromatic rings. The van der Waals surface area contributed by atoms with Gasteiger partial charge >= 0.3 is 7.12 Å². The van der Waals surface area contributed by atoms with Gasteiger partial charge in [0.15, 0.2) is 11.3 Å². The average molecular weight is 280 g/mol. The Balaban J connectivity index is 2.35. The molecule has 0 aliphatic heterocycles. The maximum atomic E-state index is 13.9. The van der Waals surface area contributed by atoms with Gasteiger partial charge in [0.05, 0.1) is 0 Å². The smallest absolute Gasteiger partial charge is 0.408 e. The molecule has 0 aliphatic rings. The summed E-state index contributed by atoms with van der Waals surface area (Å²) in [5.41, 5.74) is 0.656. The molecule has 2 rings (SSSR count). The van der Waals surface area contributed by atoms with Gasteiger partial charge in [-0.15, -0.1) is 0 Å². The van der Waals surface area contributed by atoms with Gasteiger partial charge in [-0.1, -0.05) is 6.92 Å². The van der Waals surface area contributed by atoms with Crippen LogP contribution >= 0.6 is 0 Å². The quantitative estimate of drug-likeness (QED) is 0.760. The van der Waals surface area contributed by atoms with E-state index >= 15 is 0 Å². The molecule has 7 heteroatoms. The number of fused-ring (bicyclic) bond motifs is 1. The van der Waals surface area contributed by atoms with Crippen LogP contribution in [0.25, 0.3) is 11.0 Å². The molecule has 0 unspecified atom stereocenters. The summed E-state index contributed by atoms with van der Waals surface area (Å²) in [6.45, 7) is 8.27. The number of nitrogens with zero attached hydrogens (tertiary/aromatic N) is 2. The Morgan fingerprint density at radius 3 is 2.70 bits per heavy atom. The molecular weight excluding hydrogens is 262 g/mol. The summed E-state index contributed by atoms with van der Waals surface area (Å²) >= 11 is 0. The molecule has 0 saturated heterocycles. The molecule has 108 valence electrons. The van der Waals surface area contributed by atoms with Crippen molar-refractivity contribution in [3.05, 3.63) is 17.9 Å². The summed E-state index contributed by atoms with van der Waals surface area (Å²) in [5.74, 6) is -0.499. The van der Waals surface area contributed by atoms with E-state index in [9.17, 15) is 4.39 Å². The third-order valence-electron chi connectivity index (χ3n) is 3.20. The predicted octanol–water partition coefficient (Wildman–Crippen LogP) is 2.30. The van der Waals surface area contributed by atoms with Gasteiger partial charge in [0.25, 0.3) is 0 Å². The molecular formula is C13H18BFN2O3. The van der Waals surface area contributed by atoms with Gasteiger partial charge in [0.2, 0.25) is 0 Å². The second kappa shape index (κ2) is 5.89. The second-order valence-electron chi connectivity index (χ2n) is 5.15. The molecule has 1 aromatic carbocycles. The summed E-state index contributed by atoms with van der Waals surface area (Å²) in [6.07, 6.45) is 0.812. The number of hydrogen-bond donors (Lipinski definition) is 0. The number of rotatable bonds is 6. The fourth-order valence-electron chi connectivity index (χ4n) is 1.73. The number of aromatic nitrogens is 2. The van der Waals surface area contributed by atoms with Gasteiger partial charge < -0.3 is 9.31 Å². The van der Waals surface area contributed by atoms with Crippen LogP contribution in [0, 0.1) is 5.82 Å². The maximum Gasteiger partial charge on any atom is 0.494 e. The zero-order valence-corrected chi connectivity index (χ0v) is 12.1. The molecule has 0 amide bonds. The van der Waals surface area contributed by atoms with E-state index in [0.717, 1.165) is 6.42 Å². The fraction of sp³-hybridized carbons (Fsp3) is 0.538. The molecule has 0 radical (unpaired) electrons.